The Morgan fingerprint density at radius 3 is 2.63 bits per heavy atom. The van der Waals surface area contributed by atoms with Gasteiger partial charge in [0.15, 0.2) is 5.82 Å². The minimum absolute atomic E-state index is 0.486. The topological polar surface area (TPSA) is 73.1 Å². The minimum Gasteiger partial charge on any atom is -0.476 e. The molecule has 1 heterocycles. The Kier molecular flexibility index (Phi) is 7.70. The van der Waals surface area contributed by atoms with Gasteiger partial charge < -0.3 is 15.8 Å². The molecule has 0 aliphatic heterocycles. The molecule has 0 atom stereocenters. The molecule has 108 valence electrons. The second-order valence-electron chi connectivity index (χ2n) is 4.63. The Bertz CT molecular complexity index is 357. The highest BCUT2D eigenvalue weighted by molar-refractivity contribution is 5.66. The van der Waals surface area contributed by atoms with Crippen LogP contribution in [0.25, 0.3) is 0 Å². The molecule has 1 aromatic rings. The quantitative estimate of drug-likeness (QED) is 0.636. The van der Waals surface area contributed by atoms with Crippen molar-refractivity contribution in [1.82, 2.24) is 9.97 Å². The largest absolute Gasteiger partial charge is 0.476 e. The van der Waals surface area contributed by atoms with Crippen molar-refractivity contribution in [1.29, 1.82) is 0 Å². The fraction of sp³-hybridized carbons (Fsp3) is 0.714. The number of unbranched alkanes of at least 4 members (excludes halogenated alkanes) is 4. The Labute approximate surface area is 116 Å². The molecule has 0 aliphatic rings. The third-order valence-corrected chi connectivity index (χ3v) is 2.91. The molecule has 0 spiro atoms. The number of rotatable bonds is 10. The monoisotopic (exact) mass is 266 g/mol. The number of anilines is 2. The third-order valence-electron chi connectivity index (χ3n) is 2.91. The fourth-order valence-electron chi connectivity index (χ4n) is 1.71. The van der Waals surface area contributed by atoms with Crippen molar-refractivity contribution in [2.45, 2.75) is 52.4 Å². The molecule has 0 amide bonds. The van der Waals surface area contributed by atoms with Crippen LogP contribution in [0.3, 0.4) is 0 Å². The first kappa shape index (κ1) is 15.5. The van der Waals surface area contributed by atoms with Crippen LogP contribution in [0.4, 0.5) is 11.5 Å². The van der Waals surface area contributed by atoms with Crippen molar-refractivity contribution in [2.75, 3.05) is 24.2 Å². The maximum Gasteiger partial charge on any atom is 0.242 e. The van der Waals surface area contributed by atoms with Crippen LogP contribution in [0, 0.1) is 0 Å². The van der Waals surface area contributed by atoms with E-state index in [0.29, 0.717) is 24.0 Å². The van der Waals surface area contributed by atoms with Crippen molar-refractivity contribution in [2.24, 2.45) is 0 Å². The standard InChI is InChI=1S/C14H26N4O/c1-3-5-7-8-9-16-13-12(15)14(18-11-17-13)19-10-6-4-2/h11H,3-10,15H2,1-2H3,(H,16,17,18). The molecule has 5 nitrogen and oxygen atoms in total. The lowest BCUT2D eigenvalue weighted by atomic mass is 10.2. The molecule has 0 fully saturated rings. The molecule has 0 radical (unpaired) electrons. The maximum atomic E-state index is 5.99. The number of hydrogen-bond donors (Lipinski definition) is 2. The van der Waals surface area contributed by atoms with Crippen LogP contribution in [-0.4, -0.2) is 23.1 Å². The SMILES string of the molecule is CCCCCCNc1ncnc(OCCCC)c1N. The number of nitrogen functional groups attached to an aromatic ring is 1. The number of hydrogen-bond acceptors (Lipinski definition) is 5. The van der Waals surface area contributed by atoms with Crippen LogP contribution >= 0.6 is 0 Å². The number of nitrogens with two attached hydrogens (primary N) is 1. The molecule has 0 aromatic carbocycles. The molecular formula is C14H26N4O. The smallest absolute Gasteiger partial charge is 0.242 e. The summed E-state index contributed by atoms with van der Waals surface area (Å²) in [5.41, 5.74) is 6.50. The van der Waals surface area contributed by atoms with Gasteiger partial charge in [-0.15, -0.1) is 0 Å². The summed E-state index contributed by atoms with van der Waals surface area (Å²) in [7, 11) is 0. The molecule has 1 rings (SSSR count). The van der Waals surface area contributed by atoms with E-state index in [1.807, 2.05) is 0 Å². The van der Waals surface area contributed by atoms with Crippen LogP contribution in [0.5, 0.6) is 5.88 Å². The minimum atomic E-state index is 0.486. The second-order valence-corrected chi connectivity index (χ2v) is 4.63. The molecule has 0 saturated heterocycles. The zero-order valence-corrected chi connectivity index (χ0v) is 12.1. The molecule has 19 heavy (non-hydrogen) atoms. The Morgan fingerprint density at radius 1 is 1.11 bits per heavy atom. The third kappa shape index (κ3) is 5.77. The molecular weight excluding hydrogens is 240 g/mol. The first-order chi connectivity index (χ1) is 9.29. The number of ether oxygens (including phenoxy) is 1. The van der Waals surface area contributed by atoms with Gasteiger partial charge in [0, 0.05) is 6.54 Å². The zero-order chi connectivity index (χ0) is 13.9. The predicted molar refractivity (Wildman–Crippen MR) is 79.5 cm³/mol. The van der Waals surface area contributed by atoms with E-state index in [4.69, 9.17) is 10.5 Å². The van der Waals surface area contributed by atoms with Gasteiger partial charge in [0.2, 0.25) is 5.88 Å². The highest BCUT2D eigenvalue weighted by Gasteiger charge is 2.08. The van der Waals surface area contributed by atoms with Crippen LogP contribution in [-0.2, 0) is 0 Å². The van der Waals surface area contributed by atoms with Gasteiger partial charge >= 0.3 is 0 Å². The lowest BCUT2D eigenvalue weighted by Gasteiger charge is -2.11. The van der Waals surface area contributed by atoms with Crippen LogP contribution < -0.4 is 15.8 Å². The van der Waals surface area contributed by atoms with E-state index in [2.05, 4.69) is 29.1 Å². The van der Waals surface area contributed by atoms with Crippen molar-refractivity contribution in [3.05, 3.63) is 6.33 Å². The summed E-state index contributed by atoms with van der Waals surface area (Å²) in [6.07, 6.45) is 8.46. The van der Waals surface area contributed by atoms with E-state index >= 15 is 0 Å². The number of nitrogens with one attached hydrogen (secondary N) is 1. The van der Waals surface area contributed by atoms with E-state index < -0.39 is 0 Å². The molecule has 1 aromatic heterocycles. The zero-order valence-electron chi connectivity index (χ0n) is 12.1. The normalized spacial score (nSPS) is 10.4. The first-order valence-corrected chi connectivity index (χ1v) is 7.26. The van der Waals surface area contributed by atoms with Gasteiger partial charge in [0.25, 0.3) is 0 Å². The van der Waals surface area contributed by atoms with E-state index in [1.165, 1.54) is 25.6 Å². The van der Waals surface area contributed by atoms with E-state index in [9.17, 15) is 0 Å². The number of aromatic nitrogens is 2. The second kappa shape index (κ2) is 9.42. The lowest BCUT2D eigenvalue weighted by Crippen LogP contribution is -2.09. The summed E-state index contributed by atoms with van der Waals surface area (Å²) in [5, 5.41) is 3.25. The molecule has 5 heteroatoms. The van der Waals surface area contributed by atoms with Gasteiger partial charge in [-0.25, -0.2) is 4.98 Å². The highest BCUT2D eigenvalue weighted by atomic mass is 16.5. The van der Waals surface area contributed by atoms with Gasteiger partial charge in [-0.3, -0.25) is 0 Å². The fourth-order valence-corrected chi connectivity index (χ4v) is 1.71. The Hall–Kier alpha value is -1.52. The average molecular weight is 266 g/mol. The predicted octanol–water partition coefficient (Wildman–Crippen LogP) is 3.23. The van der Waals surface area contributed by atoms with Crippen molar-refractivity contribution in [3.8, 4) is 5.88 Å². The molecule has 0 saturated carbocycles. The maximum absolute atomic E-state index is 5.99. The first-order valence-electron chi connectivity index (χ1n) is 7.26. The summed E-state index contributed by atoms with van der Waals surface area (Å²) >= 11 is 0. The lowest BCUT2D eigenvalue weighted by molar-refractivity contribution is 0.299. The van der Waals surface area contributed by atoms with E-state index in [1.54, 1.807) is 0 Å². The van der Waals surface area contributed by atoms with E-state index in [0.717, 1.165) is 25.8 Å². The summed E-state index contributed by atoms with van der Waals surface area (Å²) in [6.45, 7) is 5.86. The van der Waals surface area contributed by atoms with Gasteiger partial charge in [-0.2, -0.15) is 4.98 Å². The highest BCUT2D eigenvalue weighted by Crippen LogP contribution is 2.24. The van der Waals surface area contributed by atoms with Crippen molar-refractivity contribution >= 4 is 11.5 Å². The van der Waals surface area contributed by atoms with Crippen LogP contribution in [0.15, 0.2) is 6.33 Å². The van der Waals surface area contributed by atoms with Crippen molar-refractivity contribution < 1.29 is 4.74 Å². The summed E-state index contributed by atoms with van der Waals surface area (Å²) < 4.78 is 5.55. The average Bonchev–Trinajstić information content (AvgIpc) is 2.42. The number of nitrogens with zero attached hydrogens (tertiary/aromatic N) is 2. The molecule has 0 bridgehead atoms. The van der Waals surface area contributed by atoms with Crippen LogP contribution in [0.1, 0.15) is 52.4 Å². The van der Waals surface area contributed by atoms with Gasteiger partial charge in [-0.1, -0.05) is 39.5 Å². The Morgan fingerprint density at radius 2 is 1.89 bits per heavy atom. The van der Waals surface area contributed by atoms with Gasteiger partial charge in [0.1, 0.15) is 12.0 Å². The van der Waals surface area contributed by atoms with Gasteiger partial charge in [-0.05, 0) is 12.8 Å². The molecule has 3 N–H and O–H groups in total. The van der Waals surface area contributed by atoms with Crippen molar-refractivity contribution in [3.63, 3.8) is 0 Å². The Balaban J connectivity index is 2.42. The summed E-state index contributed by atoms with van der Waals surface area (Å²) in [6, 6.07) is 0. The summed E-state index contributed by atoms with van der Waals surface area (Å²) in [4.78, 5) is 8.23. The van der Waals surface area contributed by atoms with Gasteiger partial charge in [0.05, 0.1) is 6.61 Å². The van der Waals surface area contributed by atoms with Crippen LogP contribution in [0.2, 0.25) is 0 Å². The summed E-state index contributed by atoms with van der Waals surface area (Å²) in [5.74, 6) is 1.16. The molecule has 0 unspecified atom stereocenters. The van der Waals surface area contributed by atoms with E-state index in [-0.39, 0.29) is 0 Å². The molecule has 0 aliphatic carbocycles.